The number of hydrogen-bond acceptors (Lipinski definition) is 3. The minimum absolute atomic E-state index is 0.122. The Labute approximate surface area is 105 Å². The molecule has 4 nitrogen and oxygen atoms in total. The van der Waals surface area contributed by atoms with Crippen LogP contribution in [0.4, 0.5) is 4.79 Å². The second-order valence-corrected chi connectivity index (χ2v) is 11.7. The van der Waals surface area contributed by atoms with Gasteiger partial charge in [0, 0.05) is 8.07 Å². The predicted octanol–water partition coefficient (Wildman–Crippen LogP) is 2.35. The first-order chi connectivity index (χ1) is 7.88. The summed E-state index contributed by atoms with van der Waals surface area (Å²) in [5.74, 6) is 0. The van der Waals surface area contributed by atoms with Crippen LogP contribution in [0.15, 0.2) is 0 Å². The molecule has 17 heavy (non-hydrogen) atoms. The maximum atomic E-state index is 11.5. The lowest BCUT2D eigenvalue weighted by Crippen LogP contribution is -2.45. The molecule has 1 aliphatic rings. The van der Waals surface area contributed by atoms with Crippen molar-refractivity contribution in [2.24, 2.45) is 0 Å². The molecule has 2 atom stereocenters. The number of rotatable bonds is 4. The summed E-state index contributed by atoms with van der Waals surface area (Å²) in [6.07, 6.45) is 2.95. The maximum Gasteiger partial charge on any atom is 0.407 e. The summed E-state index contributed by atoms with van der Waals surface area (Å²) in [6.45, 7) is 7.24. The first kappa shape index (κ1) is 14.5. The molecule has 1 aliphatic carbocycles. The number of ether oxygens (including phenoxy) is 1. The number of aliphatic hydroxyl groups excluding tert-OH is 1. The van der Waals surface area contributed by atoms with Gasteiger partial charge >= 0.3 is 6.09 Å². The van der Waals surface area contributed by atoms with Gasteiger partial charge in [0.15, 0.2) is 0 Å². The monoisotopic (exact) mass is 259 g/mol. The summed E-state index contributed by atoms with van der Waals surface area (Å²) < 4.78 is 5.14. The minimum Gasteiger partial charge on any atom is -0.450 e. The molecule has 0 aromatic carbocycles. The van der Waals surface area contributed by atoms with Crippen LogP contribution in [0.1, 0.15) is 25.7 Å². The number of alkyl carbamates (subject to hydrolysis) is 1. The molecule has 100 valence electrons. The molecule has 0 bridgehead atoms. The van der Waals surface area contributed by atoms with Gasteiger partial charge in [0.1, 0.15) is 0 Å². The van der Waals surface area contributed by atoms with Crippen molar-refractivity contribution in [3.63, 3.8) is 0 Å². The fourth-order valence-electron chi connectivity index (χ4n) is 1.92. The Morgan fingerprint density at radius 3 is 2.59 bits per heavy atom. The van der Waals surface area contributed by atoms with E-state index in [-0.39, 0.29) is 12.1 Å². The van der Waals surface area contributed by atoms with Crippen LogP contribution in [0.25, 0.3) is 0 Å². The van der Waals surface area contributed by atoms with Crippen molar-refractivity contribution in [3.05, 3.63) is 0 Å². The highest BCUT2D eigenvalue weighted by molar-refractivity contribution is 6.76. The van der Waals surface area contributed by atoms with Crippen molar-refractivity contribution >= 4 is 14.2 Å². The maximum absolute atomic E-state index is 11.5. The van der Waals surface area contributed by atoms with Gasteiger partial charge in [-0.05, 0) is 18.9 Å². The summed E-state index contributed by atoms with van der Waals surface area (Å²) in [6, 6.07) is 0.858. The van der Waals surface area contributed by atoms with Crippen LogP contribution >= 0.6 is 0 Å². The van der Waals surface area contributed by atoms with Crippen molar-refractivity contribution in [2.75, 3.05) is 6.61 Å². The summed E-state index contributed by atoms with van der Waals surface area (Å²) in [5, 5.41) is 12.5. The normalized spacial score (nSPS) is 25.4. The van der Waals surface area contributed by atoms with Crippen LogP contribution in [-0.4, -0.2) is 38.0 Å². The molecular weight excluding hydrogens is 234 g/mol. The van der Waals surface area contributed by atoms with Crippen LogP contribution in [0, 0.1) is 0 Å². The molecule has 0 unspecified atom stereocenters. The zero-order chi connectivity index (χ0) is 12.9. The van der Waals surface area contributed by atoms with Gasteiger partial charge in [-0.15, -0.1) is 0 Å². The summed E-state index contributed by atoms with van der Waals surface area (Å²) in [5.41, 5.74) is 0. The van der Waals surface area contributed by atoms with Gasteiger partial charge in [-0.25, -0.2) is 4.79 Å². The second-order valence-electron chi connectivity index (χ2n) is 6.05. The van der Waals surface area contributed by atoms with E-state index in [1.54, 1.807) is 0 Å². The highest BCUT2D eigenvalue weighted by Crippen LogP contribution is 2.18. The first-order valence-corrected chi connectivity index (χ1v) is 10.2. The lowest BCUT2D eigenvalue weighted by molar-refractivity contribution is 0.0810. The Morgan fingerprint density at radius 1 is 1.35 bits per heavy atom. The number of carbonyl (C=O) groups is 1. The molecule has 1 saturated carbocycles. The number of hydrogen-bond donors (Lipinski definition) is 2. The molecule has 0 radical (unpaired) electrons. The Bertz CT molecular complexity index is 253. The summed E-state index contributed by atoms with van der Waals surface area (Å²) >= 11 is 0. The number of nitrogens with one attached hydrogen (secondary N) is 1. The Kier molecular flexibility index (Phi) is 5.46. The van der Waals surface area contributed by atoms with E-state index in [0.717, 1.165) is 31.7 Å². The molecule has 0 heterocycles. The SMILES string of the molecule is C[Si](C)(C)CCOC(=O)N[C@@H]1CCCC[C@H]1O. The van der Waals surface area contributed by atoms with Gasteiger partial charge < -0.3 is 15.2 Å². The van der Waals surface area contributed by atoms with Gasteiger partial charge in [0.2, 0.25) is 0 Å². The van der Waals surface area contributed by atoms with Gasteiger partial charge in [0.25, 0.3) is 0 Å². The third kappa shape index (κ3) is 6.07. The Morgan fingerprint density at radius 2 is 2.00 bits per heavy atom. The molecule has 0 saturated heterocycles. The van der Waals surface area contributed by atoms with Gasteiger partial charge in [0.05, 0.1) is 18.8 Å². The Hall–Kier alpha value is -0.553. The van der Waals surface area contributed by atoms with Crippen molar-refractivity contribution in [1.82, 2.24) is 5.32 Å². The third-order valence-electron chi connectivity index (χ3n) is 3.12. The standard InChI is InChI=1S/C12H25NO3Si/c1-17(2,3)9-8-16-12(15)13-10-6-4-5-7-11(10)14/h10-11,14H,4-9H2,1-3H3,(H,13,15)/t10-,11-/m1/s1. The van der Waals surface area contributed by atoms with Crippen molar-refractivity contribution in [2.45, 2.75) is 63.5 Å². The molecule has 0 aromatic rings. The summed E-state index contributed by atoms with van der Waals surface area (Å²) in [7, 11) is -1.14. The average molecular weight is 259 g/mol. The van der Waals surface area contributed by atoms with E-state index in [9.17, 15) is 9.90 Å². The lowest BCUT2D eigenvalue weighted by Gasteiger charge is -2.28. The molecule has 2 N–H and O–H groups in total. The van der Waals surface area contributed by atoms with E-state index in [1.165, 1.54) is 0 Å². The lowest BCUT2D eigenvalue weighted by atomic mass is 9.93. The zero-order valence-corrected chi connectivity index (χ0v) is 12.2. The molecule has 0 aliphatic heterocycles. The van der Waals surface area contributed by atoms with Gasteiger partial charge in [-0.2, -0.15) is 0 Å². The Balaban J connectivity index is 2.20. The van der Waals surface area contributed by atoms with E-state index in [1.807, 2.05) is 0 Å². The van der Waals surface area contributed by atoms with Crippen molar-refractivity contribution < 1.29 is 14.6 Å². The zero-order valence-electron chi connectivity index (χ0n) is 11.2. The molecule has 0 spiro atoms. The topological polar surface area (TPSA) is 58.6 Å². The minimum atomic E-state index is -1.14. The van der Waals surface area contributed by atoms with Crippen LogP contribution in [0.2, 0.25) is 25.7 Å². The smallest absolute Gasteiger partial charge is 0.407 e. The van der Waals surface area contributed by atoms with Gasteiger partial charge in [-0.1, -0.05) is 32.5 Å². The van der Waals surface area contributed by atoms with Gasteiger partial charge in [-0.3, -0.25) is 0 Å². The average Bonchev–Trinajstić information content (AvgIpc) is 2.19. The van der Waals surface area contributed by atoms with E-state index < -0.39 is 14.2 Å². The fraction of sp³-hybridized carbons (Fsp3) is 0.917. The summed E-state index contributed by atoms with van der Waals surface area (Å²) in [4.78, 5) is 11.5. The van der Waals surface area contributed by atoms with E-state index in [4.69, 9.17) is 4.74 Å². The van der Waals surface area contributed by atoms with E-state index >= 15 is 0 Å². The molecule has 1 fully saturated rings. The number of aliphatic hydroxyl groups is 1. The van der Waals surface area contributed by atoms with Crippen LogP contribution in [0.5, 0.6) is 0 Å². The first-order valence-electron chi connectivity index (χ1n) is 6.50. The van der Waals surface area contributed by atoms with Crippen LogP contribution < -0.4 is 5.32 Å². The third-order valence-corrected chi connectivity index (χ3v) is 4.82. The number of carbonyl (C=O) groups excluding carboxylic acids is 1. The largest absolute Gasteiger partial charge is 0.450 e. The second kappa shape index (κ2) is 6.40. The number of amides is 1. The van der Waals surface area contributed by atoms with E-state index in [0.29, 0.717) is 6.61 Å². The molecule has 5 heteroatoms. The molecule has 1 rings (SSSR count). The van der Waals surface area contributed by atoms with Crippen LogP contribution in [-0.2, 0) is 4.74 Å². The highest BCUT2D eigenvalue weighted by Gasteiger charge is 2.25. The van der Waals surface area contributed by atoms with Crippen molar-refractivity contribution in [3.8, 4) is 0 Å². The highest BCUT2D eigenvalue weighted by atomic mass is 28.3. The molecular formula is C12H25NO3Si. The van der Waals surface area contributed by atoms with Crippen molar-refractivity contribution in [1.29, 1.82) is 0 Å². The van der Waals surface area contributed by atoms with Crippen LogP contribution in [0.3, 0.4) is 0 Å². The quantitative estimate of drug-likeness (QED) is 0.762. The van der Waals surface area contributed by atoms with E-state index in [2.05, 4.69) is 25.0 Å². The molecule has 1 amide bonds. The predicted molar refractivity (Wildman–Crippen MR) is 70.9 cm³/mol. The fourth-order valence-corrected chi connectivity index (χ4v) is 2.64. The molecule has 0 aromatic heterocycles.